The van der Waals surface area contributed by atoms with E-state index in [0.29, 0.717) is 23.7 Å². The lowest BCUT2D eigenvalue weighted by Gasteiger charge is -2.46. The van der Waals surface area contributed by atoms with Crippen LogP contribution in [0.1, 0.15) is 131 Å². The molecule has 3 unspecified atom stereocenters. The summed E-state index contributed by atoms with van der Waals surface area (Å²) in [5.41, 5.74) is 22.5. The monoisotopic (exact) mass is 765 g/mol. The van der Waals surface area contributed by atoms with Crippen molar-refractivity contribution in [1.82, 2.24) is 0 Å². The summed E-state index contributed by atoms with van der Waals surface area (Å²) >= 11 is 0. The molecule has 0 amide bonds. The summed E-state index contributed by atoms with van der Waals surface area (Å²) < 4.78 is 0. The van der Waals surface area contributed by atoms with Crippen LogP contribution < -0.4 is 9.80 Å². The molecule has 0 bridgehead atoms. The van der Waals surface area contributed by atoms with Gasteiger partial charge >= 0.3 is 0 Å². The van der Waals surface area contributed by atoms with Gasteiger partial charge in [-0.05, 0) is 193 Å². The van der Waals surface area contributed by atoms with Crippen LogP contribution in [-0.4, -0.2) is 0 Å². The molecule has 0 aromatic heterocycles. The Hall–Kier alpha value is -4.82. The quantitative estimate of drug-likeness (QED) is 0.152. The molecule has 58 heavy (non-hydrogen) atoms. The fourth-order valence-corrected chi connectivity index (χ4v) is 11.7. The number of benzene rings is 5. The maximum atomic E-state index is 2.72. The molecular formula is C56H64N2. The number of aryl methyl sites for hydroxylation is 5. The highest BCUT2D eigenvalue weighted by molar-refractivity contribution is 6.19. The third-order valence-corrected chi connectivity index (χ3v) is 14.3. The van der Waals surface area contributed by atoms with E-state index >= 15 is 0 Å². The Kier molecular flexibility index (Phi) is 9.46. The molecule has 9 rings (SSSR count). The van der Waals surface area contributed by atoms with Crippen molar-refractivity contribution < 1.29 is 0 Å². The summed E-state index contributed by atoms with van der Waals surface area (Å²) in [5, 5.41) is 5.83. The molecule has 0 aliphatic heterocycles. The highest BCUT2D eigenvalue weighted by atomic mass is 15.2. The second-order valence-electron chi connectivity index (χ2n) is 19.9. The van der Waals surface area contributed by atoms with Gasteiger partial charge in [-0.3, -0.25) is 0 Å². The number of anilines is 4. The van der Waals surface area contributed by atoms with E-state index in [9.17, 15) is 0 Å². The Morgan fingerprint density at radius 1 is 0.759 bits per heavy atom. The fraction of sp³-hybridized carbons (Fsp3) is 0.393. The van der Waals surface area contributed by atoms with E-state index in [1.165, 1.54) is 107 Å². The second kappa shape index (κ2) is 14.2. The molecule has 0 fully saturated rings. The minimum Gasteiger partial charge on any atom is -0.313 e. The van der Waals surface area contributed by atoms with Crippen molar-refractivity contribution in [2.45, 2.75) is 127 Å². The first-order chi connectivity index (χ1) is 27.6. The molecule has 0 heterocycles. The lowest BCUT2D eigenvalue weighted by Crippen LogP contribution is -2.33. The highest BCUT2D eigenvalue weighted by Crippen LogP contribution is 2.59. The minimum atomic E-state index is 0.170. The molecule has 3 atom stereocenters. The highest BCUT2D eigenvalue weighted by Gasteiger charge is 2.43. The smallest absolute Gasteiger partial charge is 0.0543 e. The van der Waals surface area contributed by atoms with Gasteiger partial charge in [-0.2, -0.15) is 0 Å². The van der Waals surface area contributed by atoms with Gasteiger partial charge in [0.15, 0.2) is 0 Å². The van der Waals surface area contributed by atoms with Crippen LogP contribution in [0.2, 0.25) is 0 Å². The number of para-hydroxylation sites is 1. The number of rotatable bonds is 7. The molecule has 2 heteroatoms. The Morgan fingerprint density at radius 3 is 2.14 bits per heavy atom. The van der Waals surface area contributed by atoms with E-state index in [0.717, 1.165) is 25.7 Å². The van der Waals surface area contributed by atoms with Crippen molar-refractivity contribution in [3.05, 3.63) is 152 Å². The van der Waals surface area contributed by atoms with Gasteiger partial charge in [-0.25, -0.2) is 0 Å². The molecule has 2 nitrogen and oxygen atoms in total. The molecule has 4 aliphatic carbocycles. The first-order valence-electron chi connectivity index (χ1n) is 22.2. The summed E-state index contributed by atoms with van der Waals surface area (Å²) in [6.45, 7) is 28.5. The third-order valence-electron chi connectivity index (χ3n) is 14.3. The Balaban J connectivity index is 1.46. The number of hydrogen-bond acceptors (Lipinski definition) is 2. The van der Waals surface area contributed by atoms with E-state index in [2.05, 4.69) is 178 Å². The summed E-state index contributed by atoms with van der Waals surface area (Å²) in [6.07, 6.45) is 15.3. The molecule has 0 saturated carbocycles. The van der Waals surface area contributed by atoms with E-state index in [4.69, 9.17) is 0 Å². The van der Waals surface area contributed by atoms with E-state index in [1.807, 2.05) is 0 Å². The van der Waals surface area contributed by atoms with Gasteiger partial charge in [0.25, 0.3) is 0 Å². The van der Waals surface area contributed by atoms with Crippen LogP contribution in [0, 0.1) is 44.9 Å². The molecule has 0 N–H and O–H groups in total. The summed E-state index contributed by atoms with van der Waals surface area (Å²) in [5.74, 6) is 1.68. The second-order valence-corrected chi connectivity index (χ2v) is 19.9. The standard InChI is InChI=1S/C56H64N2/c1-32(2)46-31-50(58(43-27-35(5)24-36(6)28-43)55-39(9)17-14-18-40(55)10)47-30-48-51-41(21-22-56(48,11)12)29-49(45-20-19-44(46)52(47)53(45)51)57(42-25-33(3)23-34(4)26-42)54-37(7)15-13-16-38(54)8/h13-17,19-20,24-29,31-33,40,48H,18,21-23,30H2,1-12H3. The average Bonchev–Trinajstić information content (AvgIpc) is 3.15. The van der Waals surface area contributed by atoms with E-state index in [-0.39, 0.29) is 5.41 Å². The van der Waals surface area contributed by atoms with Gasteiger partial charge in [-0.1, -0.05) is 102 Å². The molecule has 0 radical (unpaired) electrons. The zero-order chi connectivity index (χ0) is 40.9. The number of allylic oxidation sites excluding steroid dienone is 7. The first-order valence-corrected chi connectivity index (χ1v) is 22.2. The van der Waals surface area contributed by atoms with Crippen LogP contribution in [-0.2, 0) is 12.8 Å². The lowest BCUT2D eigenvalue weighted by atomic mass is 9.60. The van der Waals surface area contributed by atoms with Crippen LogP contribution in [0.15, 0.2) is 108 Å². The predicted octanol–water partition coefficient (Wildman–Crippen LogP) is 16.0. The van der Waals surface area contributed by atoms with Crippen molar-refractivity contribution in [3.63, 3.8) is 0 Å². The van der Waals surface area contributed by atoms with Crippen LogP contribution in [0.3, 0.4) is 0 Å². The fourth-order valence-electron chi connectivity index (χ4n) is 11.7. The largest absolute Gasteiger partial charge is 0.313 e. The molecule has 0 spiro atoms. The Labute approximate surface area is 349 Å². The lowest BCUT2D eigenvalue weighted by molar-refractivity contribution is 0.244. The normalized spacial score (nSPS) is 20.9. The summed E-state index contributed by atoms with van der Waals surface area (Å²) in [4.78, 5) is 5.38. The van der Waals surface area contributed by atoms with Crippen molar-refractivity contribution in [1.29, 1.82) is 0 Å². The van der Waals surface area contributed by atoms with Gasteiger partial charge in [-0.15, -0.1) is 0 Å². The first kappa shape index (κ1) is 38.7. The molecule has 298 valence electrons. The third kappa shape index (κ3) is 6.20. The van der Waals surface area contributed by atoms with Gasteiger partial charge in [0.1, 0.15) is 0 Å². The van der Waals surface area contributed by atoms with Crippen molar-refractivity contribution in [2.75, 3.05) is 9.80 Å². The number of nitrogens with zero attached hydrogens (tertiary/aromatic N) is 2. The van der Waals surface area contributed by atoms with E-state index < -0.39 is 0 Å². The van der Waals surface area contributed by atoms with Crippen molar-refractivity contribution in [3.8, 4) is 0 Å². The predicted molar refractivity (Wildman–Crippen MR) is 251 cm³/mol. The molecule has 4 aliphatic rings. The van der Waals surface area contributed by atoms with Crippen molar-refractivity contribution >= 4 is 44.3 Å². The number of hydrogen-bond donors (Lipinski definition) is 0. The Bertz CT molecular complexity index is 2620. The van der Waals surface area contributed by atoms with Gasteiger partial charge in [0.05, 0.1) is 11.4 Å². The van der Waals surface area contributed by atoms with Gasteiger partial charge < -0.3 is 9.80 Å². The zero-order valence-corrected chi connectivity index (χ0v) is 37.3. The summed E-state index contributed by atoms with van der Waals surface area (Å²) in [6, 6.07) is 24.3. The van der Waals surface area contributed by atoms with E-state index in [1.54, 1.807) is 11.1 Å². The minimum absolute atomic E-state index is 0.170. The topological polar surface area (TPSA) is 6.48 Å². The van der Waals surface area contributed by atoms with Gasteiger partial charge in [0, 0.05) is 34.1 Å². The van der Waals surface area contributed by atoms with Crippen LogP contribution in [0.25, 0.3) is 21.5 Å². The van der Waals surface area contributed by atoms with Crippen LogP contribution in [0.5, 0.6) is 0 Å². The molecular weight excluding hydrogens is 701 g/mol. The van der Waals surface area contributed by atoms with Gasteiger partial charge in [0.2, 0.25) is 0 Å². The SMILES string of the molecule is CC1=CC(N(c2c(C)cccc2C)c2cc3c4c5c2ccc2c(C(C)C)cc(N(C6=C(C)C=CCC6C)c6cc(C)cc(C)c6)c(c25)CC4C(C)(C)CC3)=CC(C)C1. The maximum absolute atomic E-state index is 2.72. The summed E-state index contributed by atoms with van der Waals surface area (Å²) in [7, 11) is 0. The van der Waals surface area contributed by atoms with Crippen LogP contribution in [0.4, 0.5) is 22.7 Å². The zero-order valence-electron chi connectivity index (χ0n) is 37.3. The average molecular weight is 765 g/mol. The Morgan fingerprint density at radius 2 is 1.47 bits per heavy atom. The van der Waals surface area contributed by atoms with Crippen molar-refractivity contribution in [2.24, 2.45) is 17.3 Å². The molecule has 0 saturated heterocycles. The molecule has 5 aromatic rings. The van der Waals surface area contributed by atoms with Crippen LogP contribution >= 0.6 is 0 Å². The molecule has 5 aromatic carbocycles. The maximum Gasteiger partial charge on any atom is 0.0543 e.